The van der Waals surface area contributed by atoms with Crippen molar-refractivity contribution in [1.29, 1.82) is 0 Å². The van der Waals surface area contributed by atoms with Gasteiger partial charge in [0.05, 0.1) is 19.6 Å². The molecule has 0 saturated carbocycles. The van der Waals surface area contributed by atoms with Crippen LogP contribution in [0.5, 0.6) is 0 Å². The summed E-state index contributed by atoms with van der Waals surface area (Å²) in [6.07, 6.45) is 0.694. The maximum atomic E-state index is 11.5. The fraction of sp³-hybridized carbons (Fsp3) is 0.625. The van der Waals surface area contributed by atoms with Crippen LogP contribution in [-0.2, 0) is 14.4 Å². The molecule has 0 aliphatic carbocycles. The van der Waals surface area contributed by atoms with E-state index in [0.717, 1.165) is 0 Å². The number of hydrogen-bond donors (Lipinski definition) is 1. The predicted molar refractivity (Wildman–Crippen MR) is 56.9 cm³/mol. The Morgan fingerprint density at radius 2 is 2.27 bits per heavy atom. The molecule has 1 heterocycles. The van der Waals surface area contributed by atoms with Crippen molar-refractivity contribution in [2.45, 2.75) is 0 Å². The number of amides is 2. The highest BCUT2D eigenvalue weighted by atomic mass is 31.0. The molecule has 1 unspecified atom stereocenters. The number of aldehydes is 1. The molecule has 0 aromatic carbocycles. The molecule has 1 rings (SSSR count). The maximum absolute atomic E-state index is 11.5. The minimum absolute atomic E-state index is 0.0685. The number of nitrogens with one attached hydrogen (secondary N) is 1. The van der Waals surface area contributed by atoms with Crippen LogP contribution in [0.3, 0.4) is 0 Å². The standard InChI is InChI=1S/C8H14N3O3P/c12-4-3-10-1-2-11(6-8(10)14)7(13)5-9-15/h4,9H,1-3,5-6,15H2. The van der Waals surface area contributed by atoms with E-state index in [4.69, 9.17) is 0 Å². The molecule has 15 heavy (non-hydrogen) atoms. The Bertz CT molecular complexity index is 272. The van der Waals surface area contributed by atoms with E-state index >= 15 is 0 Å². The van der Waals surface area contributed by atoms with Crippen molar-refractivity contribution in [1.82, 2.24) is 14.9 Å². The summed E-state index contributed by atoms with van der Waals surface area (Å²) >= 11 is 0. The Hall–Kier alpha value is -1.00. The number of hydrogen-bond acceptors (Lipinski definition) is 4. The van der Waals surface area contributed by atoms with Gasteiger partial charge in [0.2, 0.25) is 11.8 Å². The van der Waals surface area contributed by atoms with Gasteiger partial charge in [-0.25, -0.2) is 0 Å². The minimum Gasteiger partial charge on any atom is -0.332 e. The van der Waals surface area contributed by atoms with E-state index in [0.29, 0.717) is 19.4 Å². The zero-order valence-corrected chi connectivity index (χ0v) is 9.46. The van der Waals surface area contributed by atoms with Gasteiger partial charge in [0.1, 0.15) is 6.29 Å². The van der Waals surface area contributed by atoms with Gasteiger partial charge < -0.3 is 14.6 Å². The molecule has 84 valence electrons. The maximum Gasteiger partial charge on any atom is 0.242 e. The van der Waals surface area contributed by atoms with Gasteiger partial charge >= 0.3 is 0 Å². The number of rotatable bonds is 4. The first-order valence-corrected chi connectivity index (χ1v) is 5.19. The summed E-state index contributed by atoms with van der Waals surface area (Å²) in [4.78, 5) is 36.1. The van der Waals surface area contributed by atoms with Crippen LogP contribution in [0.15, 0.2) is 0 Å². The lowest BCUT2D eigenvalue weighted by Crippen LogP contribution is -2.53. The zero-order valence-electron chi connectivity index (χ0n) is 8.31. The van der Waals surface area contributed by atoms with E-state index in [1.165, 1.54) is 9.80 Å². The summed E-state index contributed by atoms with van der Waals surface area (Å²) in [5, 5.41) is 2.66. The van der Waals surface area contributed by atoms with Crippen LogP contribution in [0.4, 0.5) is 0 Å². The Kier molecular flexibility index (Phi) is 4.65. The van der Waals surface area contributed by atoms with Crippen LogP contribution in [0.1, 0.15) is 0 Å². The van der Waals surface area contributed by atoms with Gasteiger partial charge in [-0.15, -0.1) is 0 Å². The highest BCUT2D eigenvalue weighted by Crippen LogP contribution is 2.02. The first-order chi connectivity index (χ1) is 7.19. The molecule has 2 amide bonds. The minimum atomic E-state index is -0.176. The number of nitrogens with zero attached hydrogens (tertiary/aromatic N) is 2. The smallest absolute Gasteiger partial charge is 0.242 e. The monoisotopic (exact) mass is 231 g/mol. The second-order valence-corrected chi connectivity index (χ2v) is 3.61. The van der Waals surface area contributed by atoms with Gasteiger partial charge in [-0.2, -0.15) is 0 Å². The Morgan fingerprint density at radius 1 is 1.53 bits per heavy atom. The summed E-state index contributed by atoms with van der Waals surface area (Å²) < 4.78 is 0. The van der Waals surface area contributed by atoms with E-state index in [-0.39, 0.29) is 31.4 Å². The highest BCUT2D eigenvalue weighted by Gasteiger charge is 2.25. The molecule has 0 bridgehead atoms. The quantitative estimate of drug-likeness (QED) is 0.459. The highest BCUT2D eigenvalue weighted by molar-refractivity contribution is 7.13. The third kappa shape index (κ3) is 3.25. The summed E-state index contributed by atoms with van der Waals surface area (Å²) in [6.45, 7) is 1.30. The van der Waals surface area contributed by atoms with E-state index in [1.807, 2.05) is 0 Å². The van der Waals surface area contributed by atoms with Crippen molar-refractivity contribution >= 4 is 27.5 Å². The summed E-state index contributed by atoms with van der Waals surface area (Å²) in [7, 11) is 2.24. The number of carbonyl (C=O) groups excluding carboxylic acids is 3. The fourth-order valence-corrected chi connectivity index (χ4v) is 1.58. The van der Waals surface area contributed by atoms with Crippen molar-refractivity contribution in [3.63, 3.8) is 0 Å². The molecule has 1 aliphatic heterocycles. The average Bonchev–Trinajstić information content (AvgIpc) is 2.21. The molecule has 0 aromatic heterocycles. The Morgan fingerprint density at radius 3 is 2.80 bits per heavy atom. The van der Waals surface area contributed by atoms with Gasteiger partial charge in [-0.1, -0.05) is 9.39 Å². The first-order valence-electron chi connectivity index (χ1n) is 4.61. The normalized spacial score (nSPS) is 16.7. The second-order valence-electron chi connectivity index (χ2n) is 3.20. The van der Waals surface area contributed by atoms with E-state index in [1.54, 1.807) is 0 Å². The summed E-state index contributed by atoms with van der Waals surface area (Å²) in [5.74, 6) is -0.283. The lowest BCUT2D eigenvalue weighted by Gasteiger charge is -2.33. The van der Waals surface area contributed by atoms with E-state index in [9.17, 15) is 14.4 Å². The third-order valence-corrected chi connectivity index (χ3v) is 2.42. The van der Waals surface area contributed by atoms with E-state index < -0.39 is 0 Å². The Balaban J connectivity index is 2.46. The molecule has 0 aromatic rings. The SMILES string of the molecule is O=CCN1CCN(C(=O)CNP)CC1=O. The molecular weight excluding hydrogens is 217 g/mol. The van der Waals surface area contributed by atoms with Crippen molar-refractivity contribution in [3.8, 4) is 0 Å². The number of piperazine rings is 1. The zero-order chi connectivity index (χ0) is 11.3. The second kappa shape index (κ2) is 5.78. The van der Waals surface area contributed by atoms with Crippen LogP contribution in [0.2, 0.25) is 0 Å². The first kappa shape index (κ1) is 12.1. The molecule has 1 atom stereocenters. The largest absolute Gasteiger partial charge is 0.332 e. The van der Waals surface area contributed by atoms with Gasteiger partial charge in [0.15, 0.2) is 0 Å². The van der Waals surface area contributed by atoms with Crippen molar-refractivity contribution in [2.24, 2.45) is 0 Å². The molecule has 1 fully saturated rings. The van der Waals surface area contributed by atoms with Crippen LogP contribution in [0.25, 0.3) is 0 Å². The molecule has 7 heteroatoms. The molecule has 0 spiro atoms. The Labute approximate surface area is 90.2 Å². The van der Waals surface area contributed by atoms with Crippen molar-refractivity contribution in [2.75, 3.05) is 32.7 Å². The van der Waals surface area contributed by atoms with Crippen molar-refractivity contribution < 1.29 is 14.4 Å². The topological polar surface area (TPSA) is 69.7 Å². The van der Waals surface area contributed by atoms with Gasteiger partial charge in [-0.3, -0.25) is 14.7 Å². The van der Waals surface area contributed by atoms with Crippen molar-refractivity contribution in [3.05, 3.63) is 0 Å². The van der Waals surface area contributed by atoms with Gasteiger partial charge in [0.25, 0.3) is 0 Å². The molecule has 6 nitrogen and oxygen atoms in total. The predicted octanol–water partition coefficient (Wildman–Crippen LogP) is -1.76. The molecule has 1 N–H and O–H groups in total. The number of carbonyl (C=O) groups is 3. The van der Waals surface area contributed by atoms with E-state index in [2.05, 4.69) is 14.5 Å². The average molecular weight is 231 g/mol. The summed E-state index contributed by atoms with van der Waals surface area (Å²) in [6, 6.07) is 0. The third-order valence-electron chi connectivity index (χ3n) is 2.22. The molecule has 1 saturated heterocycles. The van der Waals surface area contributed by atoms with Crippen LogP contribution in [-0.4, -0.2) is 60.6 Å². The molecular formula is C8H14N3O3P. The van der Waals surface area contributed by atoms with Crippen LogP contribution < -0.4 is 5.09 Å². The van der Waals surface area contributed by atoms with Crippen LogP contribution in [0, 0.1) is 0 Å². The lowest BCUT2D eigenvalue weighted by atomic mass is 10.3. The fourth-order valence-electron chi connectivity index (χ4n) is 1.40. The lowest BCUT2D eigenvalue weighted by molar-refractivity contribution is -0.145. The molecule has 1 aliphatic rings. The van der Waals surface area contributed by atoms with Crippen LogP contribution >= 0.6 is 9.39 Å². The van der Waals surface area contributed by atoms with Gasteiger partial charge in [0, 0.05) is 13.1 Å². The van der Waals surface area contributed by atoms with Gasteiger partial charge in [-0.05, 0) is 0 Å². The summed E-state index contributed by atoms with van der Waals surface area (Å²) in [5.41, 5.74) is 0. The molecule has 0 radical (unpaired) electrons.